The number of fused-ring (bicyclic) bond motifs is 1. The van der Waals surface area contributed by atoms with Crippen molar-refractivity contribution in [1.82, 2.24) is 0 Å². The average molecular weight is 553 g/mol. The molecule has 1 nitrogen and oxygen atoms in total. The Labute approximate surface area is 252 Å². The van der Waals surface area contributed by atoms with Crippen LogP contribution in [0.15, 0.2) is 84.0 Å². The maximum Gasteiger partial charge on any atom is 0.140 e. The van der Waals surface area contributed by atoms with Crippen LogP contribution in [0.25, 0.3) is 6.08 Å². The van der Waals surface area contributed by atoms with Gasteiger partial charge >= 0.3 is 0 Å². The van der Waals surface area contributed by atoms with Crippen LogP contribution in [0.5, 0.6) is 0 Å². The molecule has 0 amide bonds. The molecule has 1 heteroatoms. The van der Waals surface area contributed by atoms with Crippen molar-refractivity contribution in [3.8, 4) is 0 Å². The summed E-state index contributed by atoms with van der Waals surface area (Å²) in [7, 11) is 0. The average Bonchev–Trinajstić information content (AvgIpc) is 3.53. The van der Waals surface area contributed by atoms with Gasteiger partial charge < -0.3 is 0 Å². The van der Waals surface area contributed by atoms with Gasteiger partial charge in [-0.05, 0) is 91.0 Å². The van der Waals surface area contributed by atoms with Gasteiger partial charge in [-0.15, -0.1) is 0 Å². The van der Waals surface area contributed by atoms with E-state index in [1.807, 2.05) is 0 Å². The van der Waals surface area contributed by atoms with Gasteiger partial charge in [0, 0.05) is 18.3 Å². The fraction of sp³-hybridized carbons (Fsp3) is 0.525. The number of benzene rings is 1. The number of rotatable bonds is 13. The number of hydrogen-bond donors (Lipinski definition) is 0. The van der Waals surface area contributed by atoms with Gasteiger partial charge in [-0.2, -0.15) is 0 Å². The largest absolute Gasteiger partial charge is 0.299 e. The quantitative estimate of drug-likeness (QED) is 0.222. The van der Waals surface area contributed by atoms with Crippen molar-refractivity contribution in [2.45, 2.75) is 112 Å². The van der Waals surface area contributed by atoms with E-state index in [4.69, 9.17) is 0 Å². The number of ketones is 1. The van der Waals surface area contributed by atoms with Crippen LogP contribution in [0.1, 0.15) is 129 Å². The SMILES string of the molecule is C=C(C=CC(=CC)C1C=Cc2cc(C3CC(CCCC(CCC)C(C)C(C)=CC=CC)CC3=O)ccc21)C(C)(C)C. The highest BCUT2D eigenvalue weighted by Crippen LogP contribution is 2.42. The molecule has 0 heterocycles. The molecule has 222 valence electrons. The van der Waals surface area contributed by atoms with Crippen molar-refractivity contribution < 1.29 is 4.79 Å². The lowest BCUT2D eigenvalue weighted by atomic mass is 9.80. The first-order valence-corrected chi connectivity index (χ1v) is 16.2. The van der Waals surface area contributed by atoms with E-state index in [0.29, 0.717) is 17.6 Å². The molecule has 5 atom stereocenters. The Kier molecular flexibility index (Phi) is 12.0. The van der Waals surface area contributed by atoms with Crippen molar-refractivity contribution in [3.05, 3.63) is 101 Å². The molecule has 1 aromatic carbocycles. The van der Waals surface area contributed by atoms with E-state index >= 15 is 0 Å². The van der Waals surface area contributed by atoms with Crippen LogP contribution in [-0.2, 0) is 4.79 Å². The molecule has 0 saturated heterocycles. The fourth-order valence-corrected chi connectivity index (χ4v) is 6.63. The molecule has 0 radical (unpaired) electrons. The Balaban J connectivity index is 1.62. The first kappa shape index (κ1) is 32.8. The Morgan fingerprint density at radius 2 is 1.90 bits per heavy atom. The van der Waals surface area contributed by atoms with E-state index < -0.39 is 0 Å². The van der Waals surface area contributed by atoms with Gasteiger partial charge in [-0.25, -0.2) is 0 Å². The van der Waals surface area contributed by atoms with Crippen LogP contribution in [0.4, 0.5) is 0 Å². The van der Waals surface area contributed by atoms with Crippen LogP contribution in [0.2, 0.25) is 0 Å². The third kappa shape index (κ3) is 8.67. The van der Waals surface area contributed by atoms with Gasteiger partial charge in [0.05, 0.1) is 0 Å². The molecule has 1 saturated carbocycles. The normalized spacial score (nSPS) is 23.1. The van der Waals surface area contributed by atoms with E-state index in [-0.39, 0.29) is 17.3 Å². The molecule has 2 aliphatic carbocycles. The molecule has 0 aliphatic heterocycles. The van der Waals surface area contributed by atoms with Gasteiger partial charge in [0.25, 0.3) is 0 Å². The highest BCUT2D eigenvalue weighted by Gasteiger charge is 2.34. The van der Waals surface area contributed by atoms with E-state index in [1.54, 1.807) is 0 Å². The number of carbonyl (C=O) groups is 1. The Bertz CT molecular complexity index is 1210. The van der Waals surface area contributed by atoms with Gasteiger partial charge in [0.1, 0.15) is 5.78 Å². The van der Waals surface area contributed by atoms with Crippen molar-refractivity contribution in [2.75, 3.05) is 0 Å². The summed E-state index contributed by atoms with van der Waals surface area (Å²) < 4.78 is 0. The zero-order chi connectivity index (χ0) is 30.2. The molecule has 3 rings (SSSR count). The van der Waals surface area contributed by atoms with E-state index in [9.17, 15) is 4.79 Å². The van der Waals surface area contributed by atoms with Gasteiger partial charge in [0.15, 0.2) is 0 Å². The van der Waals surface area contributed by atoms with Crippen molar-refractivity contribution in [2.24, 2.45) is 23.2 Å². The molecule has 0 N–H and O–H groups in total. The Morgan fingerprint density at radius 1 is 1.15 bits per heavy atom. The topological polar surface area (TPSA) is 17.1 Å². The smallest absolute Gasteiger partial charge is 0.140 e. The number of carbonyl (C=O) groups excluding carboxylic acids is 1. The molecule has 0 aromatic heterocycles. The lowest BCUT2D eigenvalue weighted by Crippen LogP contribution is -2.13. The lowest BCUT2D eigenvalue weighted by molar-refractivity contribution is -0.118. The first-order chi connectivity index (χ1) is 19.5. The minimum absolute atomic E-state index is 0.0605. The predicted molar refractivity (Wildman–Crippen MR) is 180 cm³/mol. The van der Waals surface area contributed by atoms with Gasteiger partial charge in [0.2, 0.25) is 0 Å². The number of allylic oxidation sites excluding steroid dienone is 10. The highest BCUT2D eigenvalue weighted by molar-refractivity contribution is 5.88. The third-order valence-electron chi connectivity index (χ3n) is 9.72. The maximum atomic E-state index is 13.2. The van der Waals surface area contributed by atoms with Crippen molar-refractivity contribution in [1.29, 1.82) is 0 Å². The van der Waals surface area contributed by atoms with E-state index in [1.165, 1.54) is 59.9 Å². The molecular weight excluding hydrogens is 496 g/mol. The molecule has 2 aliphatic rings. The van der Waals surface area contributed by atoms with Crippen molar-refractivity contribution in [3.63, 3.8) is 0 Å². The summed E-state index contributed by atoms with van der Waals surface area (Å²) in [5.41, 5.74) is 7.79. The maximum absolute atomic E-state index is 13.2. The van der Waals surface area contributed by atoms with Crippen LogP contribution < -0.4 is 0 Å². The van der Waals surface area contributed by atoms with Crippen LogP contribution in [0, 0.1) is 23.2 Å². The highest BCUT2D eigenvalue weighted by atomic mass is 16.1. The summed E-state index contributed by atoms with van der Waals surface area (Å²) in [6, 6.07) is 6.79. The van der Waals surface area contributed by atoms with Crippen molar-refractivity contribution >= 4 is 11.9 Å². The van der Waals surface area contributed by atoms with E-state index in [0.717, 1.165) is 24.3 Å². The summed E-state index contributed by atoms with van der Waals surface area (Å²) in [5.74, 6) is 2.63. The molecule has 1 aromatic rings. The standard InChI is InChI=1S/C40H56O/c1-10-13-16-28(4)30(6)33(15-11-2)18-14-17-31-25-38(39(41)26-31)35-22-24-37-34(27-35)21-23-36(37)32(12-3)20-19-29(5)40(7,8)9/h10,12-13,16,19-24,27,30-31,33,36,38H,5,11,14-15,17-18,25-26H2,1-4,6-9H3. The minimum Gasteiger partial charge on any atom is -0.299 e. The van der Waals surface area contributed by atoms with Gasteiger partial charge in [-0.1, -0.05) is 133 Å². The first-order valence-electron chi connectivity index (χ1n) is 16.2. The molecular formula is C40H56O. The number of hydrogen-bond acceptors (Lipinski definition) is 1. The third-order valence-corrected chi connectivity index (χ3v) is 9.72. The van der Waals surface area contributed by atoms with Crippen LogP contribution in [-0.4, -0.2) is 5.78 Å². The predicted octanol–water partition coefficient (Wildman–Crippen LogP) is 11.7. The Morgan fingerprint density at radius 3 is 2.56 bits per heavy atom. The molecule has 1 fully saturated rings. The lowest BCUT2D eigenvalue weighted by Gasteiger charge is -2.25. The van der Waals surface area contributed by atoms with Crippen LogP contribution in [0.3, 0.4) is 0 Å². The summed E-state index contributed by atoms with van der Waals surface area (Å²) in [5, 5.41) is 0. The zero-order valence-corrected chi connectivity index (χ0v) is 27.3. The monoisotopic (exact) mass is 552 g/mol. The Hall–Kier alpha value is -2.67. The van der Waals surface area contributed by atoms with Gasteiger partial charge in [-0.3, -0.25) is 4.79 Å². The van der Waals surface area contributed by atoms with Crippen LogP contribution >= 0.6 is 0 Å². The number of Topliss-reactive ketones (excluding diaryl/α,β-unsaturated/α-hetero) is 1. The van der Waals surface area contributed by atoms with E-state index in [2.05, 4.69) is 129 Å². The summed E-state index contributed by atoms with van der Waals surface area (Å²) in [6.07, 6.45) is 25.7. The second-order valence-electron chi connectivity index (χ2n) is 13.7. The second-order valence-corrected chi connectivity index (χ2v) is 13.7. The fourth-order valence-electron chi connectivity index (χ4n) is 6.63. The summed E-state index contributed by atoms with van der Waals surface area (Å²) >= 11 is 0. The summed E-state index contributed by atoms with van der Waals surface area (Å²) in [6.45, 7) is 22.0. The zero-order valence-electron chi connectivity index (χ0n) is 27.3. The summed E-state index contributed by atoms with van der Waals surface area (Å²) in [4.78, 5) is 13.2. The molecule has 5 unspecified atom stereocenters. The molecule has 41 heavy (non-hydrogen) atoms. The second kappa shape index (κ2) is 15.0. The molecule has 0 bridgehead atoms. The minimum atomic E-state index is 0.0605. The molecule has 0 spiro atoms.